The van der Waals surface area contributed by atoms with Crippen LogP contribution in [0.3, 0.4) is 0 Å². The lowest BCUT2D eigenvalue weighted by molar-refractivity contribution is 1.68. The summed E-state index contributed by atoms with van der Waals surface area (Å²) in [4.78, 5) is 0. The van der Waals surface area contributed by atoms with Gasteiger partial charge in [-0.15, -0.1) is 0 Å². The molecule has 0 amide bonds. The fourth-order valence-corrected chi connectivity index (χ4v) is 5.77. The van der Waals surface area contributed by atoms with Gasteiger partial charge in [0, 0.05) is 0 Å². The SMILES string of the molecule is [2H]c1c([2H])c([2H])c2c(-c3cccc4ccccc34)c3c(-c4cccc5c4ccc4ccccc45)c([2H])c([2H])c([2H])c3c([2H])c2c1[2H]. The van der Waals surface area contributed by atoms with Gasteiger partial charge in [-0.3, -0.25) is 0 Å². The second kappa shape index (κ2) is 8.30. The van der Waals surface area contributed by atoms with Crippen molar-refractivity contribution in [3.63, 3.8) is 0 Å². The Labute approximate surface area is 232 Å². The predicted octanol–water partition coefficient (Wildman–Crippen LogP) is 10.8. The number of fused-ring (bicyclic) bond motifs is 6. The molecule has 0 saturated heterocycles. The summed E-state index contributed by atoms with van der Waals surface area (Å²) in [5.74, 6) is 0. The first-order chi connectivity index (χ1) is 22.2. The lowest BCUT2D eigenvalue weighted by Crippen LogP contribution is -1.91. The second-order valence-corrected chi connectivity index (χ2v) is 9.46. The molecule has 38 heavy (non-hydrogen) atoms. The molecule has 8 rings (SSSR count). The van der Waals surface area contributed by atoms with Crippen LogP contribution in [0.5, 0.6) is 0 Å². The van der Waals surface area contributed by atoms with Crippen molar-refractivity contribution in [3.05, 3.63) is 145 Å². The van der Waals surface area contributed by atoms with Gasteiger partial charge in [-0.05, 0) is 82.2 Å². The fourth-order valence-electron chi connectivity index (χ4n) is 5.77. The van der Waals surface area contributed by atoms with Gasteiger partial charge in [0.15, 0.2) is 0 Å². The third-order valence-electron chi connectivity index (χ3n) is 7.43. The van der Waals surface area contributed by atoms with Crippen LogP contribution in [0.15, 0.2) is 145 Å². The number of benzene rings is 8. The first-order valence-corrected chi connectivity index (χ1v) is 12.6. The average Bonchev–Trinajstić information content (AvgIpc) is 3.08. The van der Waals surface area contributed by atoms with E-state index < -0.39 is 12.1 Å². The molecule has 0 bridgehead atoms. The highest BCUT2D eigenvalue weighted by molar-refractivity contribution is 6.22. The highest BCUT2D eigenvalue weighted by atomic mass is 14.2. The molecular formula is C38H24. The molecule has 0 nitrogen and oxygen atoms in total. The fraction of sp³-hybridized carbons (Fsp3) is 0. The van der Waals surface area contributed by atoms with Crippen LogP contribution in [0, 0.1) is 0 Å². The molecule has 0 unspecified atom stereocenters. The van der Waals surface area contributed by atoms with Crippen LogP contribution in [0.4, 0.5) is 0 Å². The molecule has 0 heteroatoms. The summed E-state index contributed by atoms with van der Waals surface area (Å²) in [5, 5.41) is 6.16. The Morgan fingerprint density at radius 2 is 1.05 bits per heavy atom. The summed E-state index contributed by atoms with van der Waals surface area (Å²) in [5.41, 5.74) is 2.07. The van der Waals surface area contributed by atoms with E-state index in [1.807, 2.05) is 97.1 Å². The van der Waals surface area contributed by atoms with Crippen LogP contribution >= 0.6 is 0 Å². The van der Waals surface area contributed by atoms with E-state index >= 15 is 0 Å². The average molecular weight is 489 g/mol. The standard InChI is InChI=1S/C38H24/c1-5-16-30-25(10-1)13-7-20-35(30)38-31-17-6-3-12-27(31)24-28-14-8-21-36(37(28)38)33-19-9-18-32-29-15-4-2-11-26(29)22-23-34(32)33/h1-24H/i3D,6D,8D,12D,14D,17D,21D,24D. The van der Waals surface area contributed by atoms with Gasteiger partial charge < -0.3 is 0 Å². The molecule has 0 aliphatic rings. The van der Waals surface area contributed by atoms with E-state index in [2.05, 4.69) is 0 Å². The topological polar surface area (TPSA) is 0 Å². The Morgan fingerprint density at radius 3 is 1.97 bits per heavy atom. The molecule has 0 aromatic heterocycles. The van der Waals surface area contributed by atoms with Gasteiger partial charge in [-0.25, -0.2) is 0 Å². The molecule has 0 N–H and O–H groups in total. The van der Waals surface area contributed by atoms with Crippen molar-refractivity contribution in [1.82, 2.24) is 0 Å². The summed E-state index contributed by atoms with van der Waals surface area (Å²) in [6, 6.07) is 28.6. The van der Waals surface area contributed by atoms with Gasteiger partial charge in [0.25, 0.3) is 0 Å². The third kappa shape index (κ3) is 3.11. The van der Waals surface area contributed by atoms with Gasteiger partial charge in [0.2, 0.25) is 0 Å². The number of hydrogen-bond acceptors (Lipinski definition) is 0. The first kappa shape index (κ1) is 14.7. The molecule has 0 fully saturated rings. The Morgan fingerprint density at radius 1 is 0.368 bits per heavy atom. The molecule has 0 heterocycles. The Balaban J connectivity index is 1.71. The van der Waals surface area contributed by atoms with E-state index in [4.69, 9.17) is 8.22 Å². The molecule has 0 atom stereocenters. The van der Waals surface area contributed by atoms with Gasteiger partial charge in [-0.2, -0.15) is 0 Å². The molecule has 8 aromatic carbocycles. The zero-order valence-corrected chi connectivity index (χ0v) is 20.2. The van der Waals surface area contributed by atoms with E-state index in [1.165, 1.54) is 0 Å². The van der Waals surface area contributed by atoms with Gasteiger partial charge in [0.05, 0.1) is 11.0 Å². The van der Waals surface area contributed by atoms with Crippen LogP contribution in [-0.4, -0.2) is 0 Å². The lowest BCUT2D eigenvalue weighted by atomic mass is 9.85. The normalized spacial score (nSPS) is 14.6. The monoisotopic (exact) mass is 488 g/mol. The Hall–Kier alpha value is -4.94. The number of rotatable bonds is 2. The van der Waals surface area contributed by atoms with Crippen molar-refractivity contribution < 1.29 is 11.0 Å². The van der Waals surface area contributed by atoms with Crippen molar-refractivity contribution in [2.45, 2.75) is 0 Å². The highest BCUT2D eigenvalue weighted by Crippen LogP contribution is 2.45. The molecule has 0 spiro atoms. The molecule has 0 saturated carbocycles. The van der Waals surface area contributed by atoms with Crippen molar-refractivity contribution >= 4 is 53.9 Å². The van der Waals surface area contributed by atoms with Crippen molar-refractivity contribution in [3.8, 4) is 22.3 Å². The van der Waals surface area contributed by atoms with Gasteiger partial charge in [0.1, 0.15) is 0 Å². The summed E-state index contributed by atoms with van der Waals surface area (Å²) >= 11 is 0. The minimum atomic E-state index is -0.467. The molecule has 176 valence electrons. The lowest BCUT2D eigenvalue weighted by Gasteiger charge is -2.18. The molecular weight excluding hydrogens is 456 g/mol. The summed E-state index contributed by atoms with van der Waals surface area (Å²) in [6.45, 7) is 0. The maximum Gasteiger partial charge on any atom is 0.0636 e. The van der Waals surface area contributed by atoms with Crippen molar-refractivity contribution in [2.24, 2.45) is 0 Å². The highest BCUT2D eigenvalue weighted by Gasteiger charge is 2.17. The van der Waals surface area contributed by atoms with E-state index in [9.17, 15) is 2.74 Å². The zero-order chi connectivity index (χ0) is 32.0. The Bertz CT molecular complexity index is 2620. The smallest absolute Gasteiger partial charge is 0.0616 e. The van der Waals surface area contributed by atoms with Crippen LogP contribution < -0.4 is 0 Å². The maximum atomic E-state index is 9.38. The molecule has 0 aliphatic carbocycles. The first-order valence-electron chi connectivity index (χ1n) is 16.6. The predicted molar refractivity (Wildman–Crippen MR) is 165 cm³/mol. The Kier molecular flexibility index (Phi) is 3.21. The van der Waals surface area contributed by atoms with Crippen molar-refractivity contribution in [1.29, 1.82) is 0 Å². The zero-order valence-electron chi connectivity index (χ0n) is 28.2. The van der Waals surface area contributed by atoms with Crippen LogP contribution in [0.1, 0.15) is 11.0 Å². The van der Waals surface area contributed by atoms with E-state index in [0.29, 0.717) is 27.6 Å². The van der Waals surface area contributed by atoms with E-state index in [1.54, 1.807) is 0 Å². The van der Waals surface area contributed by atoms with E-state index in [-0.39, 0.29) is 52.4 Å². The van der Waals surface area contributed by atoms with Crippen molar-refractivity contribution in [2.75, 3.05) is 0 Å². The molecule has 0 aliphatic heterocycles. The third-order valence-corrected chi connectivity index (χ3v) is 7.43. The summed E-state index contributed by atoms with van der Waals surface area (Å²) in [7, 11) is 0. The van der Waals surface area contributed by atoms with Gasteiger partial charge in [-0.1, -0.05) is 139 Å². The van der Waals surface area contributed by atoms with Crippen LogP contribution in [0.25, 0.3) is 76.1 Å². The molecule has 8 aromatic rings. The van der Waals surface area contributed by atoms with Crippen LogP contribution in [-0.2, 0) is 0 Å². The molecule has 0 radical (unpaired) electrons. The van der Waals surface area contributed by atoms with Crippen LogP contribution in [0.2, 0.25) is 0 Å². The maximum absolute atomic E-state index is 9.38. The number of hydrogen-bond donors (Lipinski definition) is 0. The van der Waals surface area contributed by atoms with Gasteiger partial charge >= 0.3 is 0 Å². The van der Waals surface area contributed by atoms with E-state index in [0.717, 1.165) is 32.3 Å². The minimum absolute atomic E-state index is 0.0121. The minimum Gasteiger partial charge on any atom is -0.0616 e. The summed E-state index contributed by atoms with van der Waals surface area (Å²) in [6.07, 6.45) is 0. The second-order valence-electron chi connectivity index (χ2n) is 9.46. The summed E-state index contributed by atoms with van der Waals surface area (Å²) < 4.78 is 71.9. The largest absolute Gasteiger partial charge is 0.0636 e. The quantitative estimate of drug-likeness (QED) is 0.168.